The Morgan fingerprint density at radius 1 is 1.15 bits per heavy atom. The van der Waals surface area contributed by atoms with Gasteiger partial charge in [-0.25, -0.2) is 4.99 Å². The molecule has 1 heterocycles. The van der Waals surface area contributed by atoms with Gasteiger partial charge in [-0.3, -0.25) is 14.5 Å². The number of carbonyl (C=O) groups excluding carboxylic acids is 2. The maximum Gasteiger partial charge on any atom is 0.257 e. The first-order valence-corrected chi connectivity index (χ1v) is 12.8. The van der Waals surface area contributed by atoms with E-state index in [1.807, 2.05) is 0 Å². The third-order valence-corrected chi connectivity index (χ3v) is 8.09. The van der Waals surface area contributed by atoms with Crippen molar-refractivity contribution in [2.75, 3.05) is 7.05 Å². The number of nitrogens with two attached hydrogens (primary N) is 1. The van der Waals surface area contributed by atoms with Gasteiger partial charge in [0.15, 0.2) is 5.96 Å². The van der Waals surface area contributed by atoms with Crippen LogP contribution in [0.3, 0.4) is 0 Å². The summed E-state index contributed by atoms with van der Waals surface area (Å²) in [6.07, 6.45) is 12.8. The van der Waals surface area contributed by atoms with Crippen LogP contribution in [0.15, 0.2) is 29.3 Å². The number of rotatable bonds is 7. The number of nitrogens with zero attached hydrogens (tertiary/aromatic N) is 3. The van der Waals surface area contributed by atoms with E-state index in [0.29, 0.717) is 35.3 Å². The zero-order chi connectivity index (χ0) is 24.1. The average molecular weight is 464 g/mol. The monoisotopic (exact) mass is 463 g/mol. The highest BCUT2D eigenvalue weighted by atomic mass is 16.2. The van der Waals surface area contributed by atoms with Crippen molar-refractivity contribution in [1.29, 1.82) is 5.26 Å². The molecule has 0 aromatic heterocycles. The third kappa shape index (κ3) is 5.43. The van der Waals surface area contributed by atoms with Crippen LogP contribution in [0.2, 0.25) is 0 Å². The summed E-state index contributed by atoms with van der Waals surface area (Å²) in [5, 5.41) is 12.1. The van der Waals surface area contributed by atoms with Gasteiger partial charge in [-0.1, -0.05) is 44.9 Å². The summed E-state index contributed by atoms with van der Waals surface area (Å²) in [4.78, 5) is 32.4. The lowest BCUT2D eigenvalue weighted by atomic mass is 9.74. The minimum absolute atomic E-state index is 0.0320. The molecular formula is C27H37N5O2. The van der Waals surface area contributed by atoms with Gasteiger partial charge in [-0.2, -0.15) is 5.26 Å². The maximum atomic E-state index is 13.3. The molecule has 3 atom stereocenters. The Balaban J connectivity index is 1.40. The minimum atomic E-state index is -0.750. The SMILES string of the molecule is CN1C(=O)[C@@](CCC2CCCCC2)(C[C@H]2CCC[C@@H](NC(=O)c3ccc(C#N)cc3)C2)N=C1N. The molecule has 34 heavy (non-hydrogen) atoms. The van der Waals surface area contributed by atoms with Crippen molar-refractivity contribution in [2.24, 2.45) is 22.6 Å². The van der Waals surface area contributed by atoms with Gasteiger partial charge in [0.25, 0.3) is 11.8 Å². The first-order chi connectivity index (χ1) is 16.4. The summed E-state index contributed by atoms with van der Waals surface area (Å²) in [5.41, 5.74) is 6.47. The molecule has 0 bridgehead atoms. The number of nitrogens with one attached hydrogen (secondary N) is 1. The van der Waals surface area contributed by atoms with Crippen molar-refractivity contribution in [3.8, 4) is 6.07 Å². The number of nitriles is 1. The highest BCUT2D eigenvalue weighted by Crippen LogP contribution is 2.40. The van der Waals surface area contributed by atoms with Crippen molar-refractivity contribution in [3.05, 3.63) is 35.4 Å². The van der Waals surface area contributed by atoms with Gasteiger partial charge in [0.1, 0.15) is 5.54 Å². The average Bonchev–Trinajstić information content (AvgIpc) is 3.07. The minimum Gasteiger partial charge on any atom is -0.369 e. The molecule has 2 amide bonds. The molecule has 7 heteroatoms. The lowest BCUT2D eigenvalue weighted by Crippen LogP contribution is -2.45. The Morgan fingerprint density at radius 3 is 2.50 bits per heavy atom. The first-order valence-electron chi connectivity index (χ1n) is 12.8. The summed E-state index contributed by atoms with van der Waals surface area (Å²) >= 11 is 0. The van der Waals surface area contributed by atoms with Crippen LogP contribution >= 0.6 is 0 Å². The van der Waals surface area contributed by atoms with E-state index in [0.717, 1.165) is 38.5 Å². The molecule has 2 aliphatic carbocycles. The second-order valence-electron chi connectivity index (χ2n) is 10.5. The smallest absolute Gasteiger partial charge is 0.257 e. The van der Waals surface area contributed by atoms with E-state index >= 15 is 0 Å². The lowest BCUT2D eigenvalue weighted by molar-refractivity contribution is -0.131. The molecular weight excluding hydrogens is 426 g/mol. The number of hydrogen-bond acceptors (Lipinski definition) is 5. The highest BCUT2D eigenvalue weighted by Gasteiger charge is 2.48. The molecule has 1 aromatic rings. The molecule has 0 spiro atoms. The zero-order valence-corrected chi connectivity index (χ0v) is 20.3. The molecule has 7 nitrogen and oxygen atoms in total. The number of benzene rings is 1. The highest BCUT2D eigenvalue weighted by molar-refractivity contribution is 6.06. The third-order valence-electron chi connectivity index (χ3n) is 8.09. The number of likely N-dealkylation sites (N-methyl/N-ethyl adjacent to an activating group) is 1. The fourth-order valence-corrected chi connectivity index (χ4v) is 6.12. The molecule has 2 fully saturated rings. The summed E-state index contributed by atoms with van der Waals surface area (Å²) < 4.78 is 0. The fourth-order valence-electron chi connectivity index (χ4n) is 6.12. The Labute approximate surface area is 202 Å². The van der Waals surface area contributed by atoms with Crippen molar-refractivity contribution in [3.63, 3.8) is 0 Å². The van der Waals surface area contributed by atoms with Gasteiger partial charge in [0.2, 0.25) is 0 Å². The van der Waals surface area contributed by atoms with Crippen molar-refractivity contribution in [2.45, 2.75) is 88.6 Å². The number of carbonyl (C=O) groups is 2. The molecule has 1 aliphatic heterocycles. The van der Waals surface area contributed by atoms with E-state index in [1.165, 1.54) is 37.0 Å². The van der Waals surface area contributed by atoms with Crippen LogP contribution in [0.1, 0.15) is 93.0 Å². The molecule has 2 saturated carbocycles. The molecule has 3 aliphatic rings. The lowest BCUT2D eigenvalue weighted by Gasteiger charge is -2.35. The normalized spacial score (nSPS) is 27.8. The predicted octanol–water partition coefficient (Wildman–Crippen LogP) is 4.12. The van der Waals surface area contributed by atoms with Crippen LogP contribution in [0.4, 0.5) is 0 Å². The Hall–Kier alpha value is -2.88. The number of amides is 2. The van der Waals surface area contributed by atoms with E-state index in [1.54, 1.807) is 31.3 Å². The van der Waals surface area contributed by atoms with Gasteiger partial charge in [-0.15, -0.1) is 0 Å². The summed E-state index contributed by atoms with van der Waals surface area (Å²) in [6, 6.07) is 8.87. The summed E-state index contributed by atoms with van der Waals surface area (Å²) in [6.45, 7) is 0. The van der Waals surface area contributed by atoms with Crippen molar-refractivity contribution < 1.29 is 9.59 Å². The van der Waals surface area contributed by atoms with E-state index in [9.17, 15) is 9.59 Å². The Morgan fingerprint density at radius 2 is 1.85 bits per heavy atom. The van der Waals surface area contributed by atoms with Crippen molar-refractivity contribution >= 4 is 17.8 Å². The predicted molar refractivity (Wildman–Crippen MR) is 132 cm³/mol. The maximum absolute atomic E-state index is 13.3. The van der Waals surface area contributed by atoms with Gasteiger partial charge >= 0.3 is 0 Å². The van der Waals surface area contributed by atoms with Gasteiger partial charge in [0, 0.05) is 18.7 Å². The Bertz CT molecular complexity index is 960. The molecule has 0 radical (unpaired) electrons. The van der Waals surface area contributed by atoms with Crippen molar-refractivity contribution in [1.82, 2.24) is 10.2 Å². The van der Waals surface area contributed by atoms with Crippen LogP contribution in [-0.2, 0) is 4.79 Å². The largest absolute Gasteiger partial charge is 0.369 e. The second kappa shape index (κ2) is 10.6. The Kier molecular flexibility index (Phi) is 7.55. The van der Waals surface area contributed by atoms with Crippen LogP contribution in [0.25, 0.3) is 0 Å². The number of guanidine groups is 1. The standard InChI is InChI=1S/C27H37N5O2/c1-32-25(34)27(31-26(32)29,15-14-19-6-3-2-4-7-19)17-21-8-5-9-23(16-21)30-24(33)22-12-10-20(18-28)11-13-22/h10-13,19,21,23H,2-9,14-17H2,1H3,(H2,29,31)(H,30,33)/t21-,23+,27+/m0/s1. The molecule has 1 aromatic carbocycles. The summed E-state index contributed by atoms with van der Waals surface area (Å²) in [7, 11) is 1.73. The van der Waals surface area contributed by atoms with Gasteiger partial charge in [0.05, 0.1) is 11.6 Å². The second-order valence-corrected chi connectivity index (χ2v) is 10.5. The quantitative estimate of drug-likeness (QED) is 0.633. The zero-order valence-electron chi connectivity index (χ0n) is 20.3. The van der Waals surface area contributed by atoms with E-state index in [2.05, 4.69) is 11.4 Å². The molecule has 0 unspecified atom stereocenters. The molecule has 4 rings (SSSR count). The van der Waals surface area contributed by atoms with Crippen LogP contribution in [0.5, 0.6) is 0 Å². The number of hydrogen-bond donors (Lipinski definition) is 2. The van der Waals surface area contributed by atoms with Crippen LogP contribution < -0.4 is 11.1 Å². The van der Waals surface area contributed by atoms with E-state index in [4.69, 9.17) is 16.0 Å². The van der Waals surface area contributed by atoms with Crippen LogP contribution in [0, 0.1) is 23.2 Å². The summed E-state index contributed by atoms with van der Waals surface area (Å²) in [5.74, 6) is 1.26. The van der Waals surface area contributed by atoms with E-state index < -0.39 is 5.54 Å². The molecule has 3 N–H and O–H groups in total. The van der Waals surface area contributed by atoms with Gasteiger partial charge in [-0.05, 0) is 68.2 Å². The molecule has 0 saturated heterocycles. The van der Waals surface area contributed by atoms with E-state index in [-0.39, 0.29) is 17.9 Å². The topological polar surface area (TPSA) is 112 Å². The van der Waals surface area contributed by atoms with Crippen LogP contribution in [-0.4, -0.2) is 41.3 Å². The first kappa shape index (κ1) is 24.3. The fraction of sp³-hybridized carbons (Fsp3) is 0.630. The van der Waals surface area contributed by atoms with Gasteiger partial charge < -0.3 is 11.1 Å². The molecule has 182 valence electrons. The number of aliphatic imine (C=N–C) groups is 1.